The van der Waals surface area contributed by atoms with Crippen molar-refractivity contribution < 1.29 is 24.7 Å². The summed E-state index contributed by atoms with van der Waals surface area (Å²) in [6.45, 7) is 0.710. The molecule has 1 amide bonds. The van der Waals surface area contributed by atoms with Crippen LogP contribution >= 0.6 is 0 Å². The van der Waals surface area contributed by atoms with Crippen LogP contribution in [-0.4, -0.2) is 31.7 Å². The summed E-state index contributed by atoms with van der Waals surface area (Å²) >= 11 is 0. The van der Waals surface area contributed by atoms with E-state index in [4.69, 9.17) is 4.74 Å². The van der Waals surface area contributed by atoms with Crippen LogP contribution in [0.3, 0.4) is 0 Å². The fourth-order valence-electron chi connectivity index (χ4n) is 1.87. The van der Waals surface area contributed by atoms with E-state index in [1.807, 2.05) is 30.3 Å². The van der Waals surface area contributed by atoms with Crippen LogP contribution in [0.15, 0.2) is 30.3 Å². The number of likely N-dealkylation sites (N-methyl/N-ethyl adjacent to an activating group) is 1. The lowest BCUT2D eigenvalue weighted by atomic mass is 10.1. The summed E-state index contributed by atoms with van der Waals surface area (Å²) in [7, 11) is 1.71. The Morgan fingerprint density at radius 2 is 2.00 bits per heavy atom. The van der Waals surface area contributed by atoms with E-state index in [0.717, 1.165) is 5.56 Å². The number of hydrogen-bond donors (Lipinski definition) is 2. The van der Waals surface area contributed by atoms with Crippen molar-refractivity contribution in [2.24, 2.45) is 0 Å². The predicted octanol–water partition coefficient (Wildman–Crippen LogP) is -0.605. The second-order valence-electron chi connectivity index (χ2n) is 4.74. The lowest BCUT2D eigenvalue weighted by Crippen LogP contribution is -2.89. The molecule has 0 unspecified atom stereocenters. The zero-order valence-corrected chi connectivity index (χ0v) is 12.2. The van der Waals surface area contributed by atoms with Crippen molar-refractivity contribution >= 4 is 12.1 Å². The van der Waals surface area contributed by atoms with Crippen LogP contribution in [0.5, 0.6) is 0 Å². The maximum absolute atomic E-state index is 11.4. The van der Waals surface area contributed by atoms with Crippen molar-refractivity contribution in [1.82, 2.24) is 5.32 Å². The molecule has 1 atom stereocenters. The lowest BCUT2D eigenvalue weighted by Gasteiger charge is -2.13. The third-order valence-electron chi connectivity index (χ3n) is 3.13. The topological polar surface area (TPSA) is 95.1 Å². The Hall–Kier alpha value is -2.08. The third kappa shape index (κ3) is 7.31. The summed E-state index contributed by atoms with van der Waals surface area (Å²) in [6, 6.07) is 8.92. The Morgan fingerprint density at radius 3 is 2.62 bits per heavy atom. The molecule has 0 aliphatic rings. The van der Waals surface area contributed by atoms with Gasteiger partial charge in [0.15, 0.2) is 0 Å². The summed E-state index contributed by atoms with van der Waals surface area (Å²) in [4.78, 5) is 22.1. The van der Waals surface area contributed by atoms with Crippen LogP contribution in [0, 0.1) is 0 Å². The van der Waals surface area contributed by atoms with E-state index in [1.165, 1.54) is 0 Å². The molecular weight excluding hydrogens is 272 g/mol. The number of carboxylic acid groups (broad SMARTS) is 1. The largest absolute Gasteiger partial charge is 0.544 e. The van der Waals surface area contributed by atoms with Gasteiger partial charge in [0, 0.05) is 13.0 Å². The molecule has 1 aromatic carbocycles. The lowest BCUT2D eigenvalue weighted by molar-refractivity contribution is -0.658. The summed E-state index contributed by atoms with van der Waals surface area (Å²) < 4.78 is 5.05. The number of aliphatic carboxylic acids is 1. The molecular formula is C15H22N2O4. The monoisotopic (exact) mass is 294 g/mol. The maximum atomic E-state index is 11.4. The van der Waals surface area contributed by atoms with Gasteiger partial charge in [-0.2, -0.15) is 0 Å². The molecule has 6 nitrogen and oxygen atoms in total. The van der Waals surface area contributed by atoms with Gasteiger partial charge in [-0.05, 0) is 18.4 Å². The van der Waals surface area contributed by atoms with Crippen LogP contribution in [0.1, 0.15) is 24.8 Å². The quantitative estimate of drug-likeness (QED) is 0.594. The number of hydrogen-bond acceptors (Lipinski definition) is 4. The Kier molecular flexibility index (Phi) is 7.89. The number of rotatable bonds is 9. The summed E-state index contributed by atoms with van der Waals surface area (Å²) in [5.74, 6) is -1.05. The second kappa shape index (κ2) is 9.77. The first-order valence-corrected chi connectivity index (χ1v) is 7.08. The van der Waals surface area contributed by atoms with Crippen LogP contribution < -0.4 is 15.7 Å². The number of alkyl carbamates (subject to hydrolysis) is 1. The van der Waals surface area contributed by atoms with Crippen molar-refractivity contribution in [3.63, 3.8) is 0 Å². The minimum Gasteiger partial charge on any atom is -0.544 e. The highest BCUT2D eigenvalue weighted by atomic mass is 16.5. The molecule has 0 saturated carbocycles. The first-order valence-electron chi connectivity index (χ1n) is 7.08. The van der Waals surface area contributed by atoms with Gasteiger partial charge in [-0.15, -0.1) is 0 Å². The number of carbonyl (C=O) groups excluding carboxylic acids is 2. The smallest absolute Gasteiger partial charge is 0.407 e. The molecule has 0 spiro atoms. The van der Waals surface area contributed by atoms with Gasteiger partial charge in [0.1, 0.15) is 12.6 Å². The normalized spacial score (nSPS) is 11.7. The predicted molar refractivity (Wildman–Crippen MR) is 75.1 cm³/mol. The fourth-order valence-corrected chi connectivity index (χ4v) is 1.87. The van der Waals surface area contributed by atoms with Crippen molar-refractivity contribution in [3.8, 4) is 0 Å². The Balaban J connectivity index is 2.07. The zero-order chi connectivity index (χ0) is 15.5. The van der Waals surface area contributed by atoms with Crippen molar-refractivity contribution in [1.29, 1.82) is 0 Å². The molecule has 0 bridgehead atoms. The number of carbonyl (C=O) groups is 2. The molecule has 21 heavy (non-hydrogen) atoms. The van der Waals surface area contributed by atoms with E-state index < -0.39 is 18.1 Å². The Labute approximate surface area is 124 Å². The number of nitrogens with one attached hydrogen (secondary N) is 1. The average molecular weight is 294 g/mol. The molecule has 116 valence electrons. The highest BCUT2D eigenvalue weighted by Crippen LogP contribution is 2.01. The molecule has 0 fully saturated rings. The van der Waals surface area contributed by atoms with Gasteiger partial charge in [-0.25, -0.2) is 4.79 Å². The molecule has 0 radical (unpaired) electrons. The number of carboxylic acids is 1. The van der Waals surface area contributed by atoms with E-state index in [1.54, 1.807) is 12.4 Å². The van der Waals surface area contributed by atoms with Crippen LogP contribution in [-0.2, 0) is 16.1 Å². The van der Waals surface area contributed by atoms with E-state index >= 15 is 0 Å². The number of nitrogens with two attached hydrogens (primary N) is 1. The van der Waals surface area contributed by atoms with Crippen molar-refractivity contribution in [2.45, 2.75) is 31.9 Å². The number of quaternary nitrogens is 1. The highest BCUT2D eigenvalue weighted by Gasteiger charge is 2.09. The first kappa shape index (κ1) is 17.0. The molecule has 1 rings (SSSR count). The number of unbranched alkanes of at least 4 members (excludes halogenated alkanes) is 1. The zero-order valence-electron chi connectivity index (χ0n) is 12.2. The Morgan fingerprint density at radius 1 is 1.29 bits per heavy atom. The standard InChI is InChI=1S/C15H22N2O4/c1-16-13(14(18)19)9-5-6-10-17-15(20)21-11-12-7-3-2-4-8-12/h2-4,7-8,13,16H,5-6,9-11H2,1H3,(H,17,20)(H,18,19)/t13-/m0/s1. The van der Waals surface area contributed by atoms with E-state index in [-0.39, 0.29) is 6.61 Å². The van der Waals surface area contributed by atoms with Gasteiger partial charge in [0.2, 0.25) is 0 Å². The molecule has 0 aliphatic heterocycles. The molecule has 0 aromatic heterocycles. The van der Waals surface area contributed by atoms with Crippen LogP contribution in [0.4, 0.5) is 4.79 Å². The molecule has 3 N–H and O–H groups in total. The van der Waals surface area contributed by atoms with Gasteiger partial charge in [-0.1, -0.05) is 30.3 Å². The van der Waals surface area contributed by atoms with Crippen LogP contribution in [0.2, 0.25) is 0 Å². The SMILES string of the molecule is C[NH2+][C@@H](CCCCNC(=O)OCc1ccccc1)C(=O)[O-]. The molecule has 1 aromatic rings. The number of benzene rings is 1. The Bertz CT molecular complexity index is 437. The fraction of sp³-hybridized carbons (Fsp3) is 0.467. The molecule has 0 aliphatic carbocycles. The number of ether oxygens (including phenoxy) is 1. The van der Waals surface area contributed by atoms with E-state index in [2.05, 4.69) is 5.32 Å². The van der Waals surface area contributed by atoms with E-state index in [9.17, 15) is 14.7 Å². The third-order valence-corrected chi connectivity index (χ3v) is 3.13. The summed E-state index contributed by atoms with van der Waals surface area (Å²) in [6.07, 6.45) is 1.48. The van der Waals surface area contributed by atoms with Gasteiger partial charge in [0.25, 0.3) is 0 Å². The van der Waals surface area contributed by atoms with E-state index in [0.29, 0.717) is 25.8 Å². The molecule has 0 saturated heterocycles. The summed E-state index contributed by atoms with van der Waals surface area (Å²) in [5.41, 5.74) is 0.933. The maximum Gasteiger partial charge on any atom is 0.407 e. The summed E-state index contributed by atoms with van der Waals surface area (Å²) in [5, 5.41) is 15.0. The molecule has 0 heterocycles. The van der Waals surface area contributed by atoms with Gasteiger partial charge in [-0.3, -0.25) is 0 Å². The van der Waals surface area contributed by atoms with Gasteiger partial charge >= 0.3 is 6.09 Å². The average Bonchev–Trinajstić information content (AvgIpc) is 2.49. The van der Waals surface area contributed by atoms with Gasteiger partial charge in [0.05, 0.1) is 13.0 Å². The van der Waals surface area contributed by atoms with Gasteiger partial charge < -0.3 is 25.3 Å². The molecule has 6 heteroatoms. The van der Waals surface area contributed by atoms with Crippen molar-refractivity contribution in [3.05, 3.63) is 35.9 Å². The first-order chi connectivity index (χ1) is 10.1. The highest BCUT2D eigenvalue weighted by molar-refractivity contribution is 5.69. The minimum absolute atomic E-state index is 0.240. The second-order valence-corrected chi connectivity index (χ2v) is 4.74. The van der Waals surface area contributed by atoms with Crippen molar-refractivity contribution in [2.75, 3.05) is 13.6 Å². The van der Waals surface area contributed by atoms with Crippen LogP contribution in [0.25, 0.3) is 0 Å². The number of amides is 1. The minimum atomic E-state index is -1.05.